The number of benzene rings is 1. The van der Waals surface area contributed by atoms with Crippen molar-refractivity contribution in [3.05, 3.63) is 70.8 Å². The van der Waals surface area contributed by atoms with Crippen LogP contribution in [0.5, 0.6) is 0 Å². The lowest BCUT2D eigenvalue weighted by Gasteiger charge is -2.12. The van der Waals surface area contributed by atoms with Crippen molar-refractivity contribution in [1.29, 1.82) is 0 Å². The fourth-order valence-corrected chi connectivity index (χ4v) is 3.53. The second-order valence-electron chi connectivity index (χ2n) is 8.21. The van der Waals surface area contributed by atoms with Crippen molar-refractivity contribution in [1.82, 2.24) is 25.0 Å². The molecule has 0 saturated heterocycles. The highest BCUT2D eigenvalue weighted by atomic mass is 16.5. The zero-order valence-electron chi connectivity index (χ0n) is 19.1. The molecule has 170 valence electrons. The van der Waals surface area contributed by atoms with Gasteiger partial charge in [0.15, 0.2) is 17.3 Å². The molecule has 1 aromatic carbocycles. The van der Waals surface area contributed by atoms with Crippen LogP contribution in [0, 0.1) is 5.92 Å². The van der Waals surface area contributed by atoms with Gasteiger partial charge in [0.05, 0.1) is 11.9 Å². The second-order valence-corrected chi connectivity index (χ2v) is 8.21. The quantitative estimate of drug-likeness (QED) is 0.423. The van der Waals surface area contributed by atoms with Crippen molar-refractivity contribution >= 4 is 5.82 Å². The lowest BCUT2D eigenvalue weighted by Crippen LogP contribution is -2.21. The lowest BCUT2D eigenvalue weighted by molar-refractivity contribution is 0.434. The highest BCUT2D eigenvalue weighted by Crippen LogP contribution is 2.29. The van der Waals surface area contributed by atoms with Crippen LogP contribution in [0.4, 0.5) is 5.82 Å². The van der Waals surface area contributed by atoms with Gasteiger partial charge in [0.1, 0.15) is 5.69 Å². The fraction of sp³-hybridized carbons (Fsp3) is 0.280. The summed E-state index contributed by atoms with van der Waals surface area (Å²) in [5, 5.41) is 7.32. The Morgan fingerprint density at radius 1 is 1.12 bits per heavy atom. The van der Waals surface area contributed by atoms with Gasteiger partial charge in [-0.25, -0.2) is 9.97 Å². The normalized spacial score (nSPS) is 12.1. The van der Waals surface area contributed by atoms with E-state index in [1.54, 1.807) is 29.0 Å². The smallest absolute Gasteiger partial charge is 0.250 e. The Kier molecular flexibility index (Phi) is 6.65. The average Bonchev–Trinajstić information content (AvgIpc) is 3.31. The van der Waals surface area contributed by atoms with Crippen LogP contribution in [0.2, 0.25) is 0 Å². The van der Waals surface area contributed by atoms with Gasteiger partial charge in [0.25, 0.3) is 5.56 Å². The molecule has 0 aliphatic rings. The largest absolute Gasteiger partial charge is 0.382 e. The van der Waals surface area contributed by atoms with Crippen LogP contribution in [0.25, 0.3) is 34.0 Å². The highest BCUT2D eigenvalue weighted by molar-refractivity contribution is 5.72. The summed E-state index contributed by atoms with van der Waals surface area (Å²) in [5.74, 6) is 1.08. The Balaban J connectivity index is 1.65. The molecule has 8 nitrogen and oxygen atoms in total. The first kappa shape index (κ1) is 22.4. The number of pyridine rings is 1. The molecule has 0 saturated carbocycles. The SMILES string of the molecule is CC[C@H](C)Cn1cc(-c2cnc(N)c(-c3cc(-c4ccc(CNC)cc4)no3)n2)ccc1=O. The number of nitrogens with one attached hydrogen (secondary N) is 1. The average molecular weight is 445 g/mol. The van der Waals surface area contributed by atoms with Crippen molar-refractivity contribution in [3.8, 4) is 34.0 Å². The maximum atomic E-state index is 12.3. The highest BCUT2D eigenvalue weighted by Gasteiger charge is 2.16. The van der Waals surface area contributed by atoms with Gasteiger partial charge in [-0.05, 0) is 24.6 Å². The molecule has 33 heavy (non-hydrogen) atoms. The van der Waals surface area contributed by atoms with Crippen LogP contribution in [0.1, 0.15) is 25.8 Å². The monoisotopic (exact) mass is 444 g/mol. The summed E-state index contributed by atoms with van der Waals surface area (Å²) in [4.78, 5) is 21.3. The lowest BCUT2D eigenvalue weighted by atomic mass is 10.1. The Morgan fingerprint density at radius 2 is 1.88 bits per heavy atom. The minimum atomic E-state index is -0.0386. The summed E-state index contributed by atoms with van der Waals surface area (Å²) in [6, 6.07) is 13.2. The predicted molar refractivity (Wildman–Crippen MR) is 129 cm³/mol. The molecule has 0 fully saturated rings. The molecule has 0 radical (unpaired) electrons. The first-order valence-electron chi connectivity index (χ1n) is 11.0. The van der Waals surface area contributed by atoms with E-state index >= 15 is 0 Å². The van der Waals surface area contributed by atoms with Gasteiger partial charge in [0.2, 0.25) is 0 Å². The Morgan fingerprint density at radius 3 is 2.61 bits per heavy atom. The minimum absolute atomic E-state index is 0.0386. The van der Waals surface area contributed by atoms with Gasteiger partial charge < -0.3 is 20.1 Å². The molecule has 0 aliphatic heterocycles. The number of nitrogens with zero attached hydrogens (tertiary/aromatic N) is 4. The third-order valence-electron chi connectivity index (χ3n) is 5.66. The van der Waals surface area contributed by atoms with Crippen molar-refractivity contribution in [2.45, 2.75) is 33.4 Å². The summed E-state index contributed by atoms with van der Waals surface area (Å²) in [7, 11) is 1.91. The number of nitrogens with two attached hydrogens (primary N) is 1. The second kappa shape index (κ2) is 9.79. The van der Waals surface area contributed by atoms with Crippen LogP contribution in [-0.2, 0) is 13.1 Å². The Labute approximate surface area is 192 Å². The maximum absolute atomic E-state index is 12.3. The van der Waals surface area contributed by atoms with E-state index in [1.807, 2.05) is 37.5 Å². The van der Waals surface area contributed by atoms with Gasteiger partial charge in [0, 0.05) is 42.5 Å². The molecule has 4 aromatic rings. The first-order chi connectivity index (χ1) is 16.0. The number of hydrogen-bond acceptors (Lipinski definition) is 7. The molecular weight excluding hydrogens is 416 g/mol. The maximum Gasteiger partial charge on any atom is 0.250 e. The number of hydrogen-bond donors (Lipinski definition) is 2. The van der Waals surface area contributed by atoms with Gasteiger partial charge in [-0.1, -0.05) is 49.7 Å². The van der Waals surface area contributed by atoms with Gasteiger partial charge in [-0.15, -0.1) is 0 Å². The third kappa shape index (κ3) is 5.01. The molecule has 0 aliphatic carbocycles. The van der Waals surface area contributed by atoms with Crippen LogP contribution in [0.3, 0.4) is 0 Å². The number of rotatable bonds is 8. The van der Waals surface area contributed by atoms with E-state index in [-0.39, 0.29) is 11.4 Å². The molecule has 3 heterocycles. The third-order valence-corrected chi connectivity index (χ3v) is 5.66. The zero-order chi connectivity index (χ0) is 23.4. The number of nitrogen functional groups attached to an aromatic ring is 1. The van der Waals surface area contributed by atoms with Crippen molar-refractivity contribution in [2.75, 3.05) is 12.8 Å². The molecule has 8 heteroatoms. The summed E-state index contributed by atoms with van der Waals surface area (Å²) in [6.07, 6.45) is 4.41. The van der Waals surface area contributed by atoms with E-state index in [2.05, 4.69) is 34.3 Å². The topological polar surface area (TPSA) is 112 Å². The molecular formula is C25H28N6O2. The number of aromatic nitrogens is 4. The van der Waals surface area contributed by atoms with Crippen molar-refractivity contribution in [3.63, 3.8) is 0 Å². The minimum Gasteiger partial charge on any atom is -0.382 e. The van der Waals surface area contributed by atoms with Crippen LogP contribution in [-0.4, -0.2) is 26.7 Å². The van der Waals surface area contributed by atoms with E-state index in [9.17, 15) is 4.79 Å². The molecule has 0 amide bonds. The van der Waals surface area contributed by atoms with E-state index < -0.39 is 0 Å². The first-order valence-corrected chi connectivity index (χ1v) is 11.0. The van der Waals surface area contributed by atoms with Gasteiger partial charge >= 0.3 is 0 Å². The van der Waals surface area contributed by atoms with E-state index in [0.29, 0.717) is 35.3 Å². The fourth-order valence-electron chi connectivity index (χ4n) is 3.53. The molecule has 1 atom stereocenters. The molecule has 0 spiro atoms. The van der Waals surface area contributed by atoms with Crippen LogP contribution in [0.15, 0.2) is 64.2 Å². The van der Waals surface area contributed by atoms with Crippen molar-refractivity contribution in [2.24, 2.45) is 5.92 Å². The molecule has 3 aromatic heterocycles. The van der Waals surface area contributed by atoms with Crippen molar-refractivity contribution < 1.29 is 4.52 Å². The molecule has 4 rings (SSSR count). The summed E-state index contributed by atoms with van der Waals surface area (Å²) < 4.78 is 7.28. The van der Waals surface area contributed by atoms with Gasteiger partial charge in [-0.2, -0.15) is 0 Å². The summed E-state index contributed by atoms with van der Waals surface area (Å²) >= 11 is 0. The van der Waals surface area contributed by atoms with Gasteiger partial charge in [-0.3, -0.25) is 4.79 Å². The Bertz CT molecular complexity index is 1290. The summed E-state index contributed by atoms with van der Waals surface area (Å²) in [6.45, 7) is 5.68. The predicted octanol–water partition coefficient (Wildman–Crippen LogP) is 3.98. The van der Waals surface area contributed by atoms with Crippen LogP contribution >= 0.6 is 0 Å². The molecule has 3 N–H and O–H groups in total. The standard InChI is InChI=1S/C25H28N6O2/c1-4-16(2)14-31-15-19(9-10-23(31)32)21-13-28-25(26)24(29-21)22-11-20(30-33-22)18-7-5-17(6-8-18)12-27-3/h5-11,13,15-16,27H,4,12,14H2,1-3H3,(H2,26,28)/t16-/m0/s1. The molecule has 0 bridgehead atoms. The van der Waals surface area contributed by atoms with E-state index in [1.165, 1.54) is 5.56 Å². The Hall–Kier alpha value is -3.78. The number of anilines is 1. The summed E-state index contributed by atoms with van der Waals surface area (Å²) in [5.41, 5.74) is 10.7. The van der Waals surface area contributed by atoms with Crippen LogP contribution < -0.4 is 16.6 Å². The zero-order valence-corrected chi connectivity index (χ0v) is 19.1. The van der Waals surface area contributed by atoms with E-state index in [0.717, 1.165) is 24.1 Å². The van der Waals surface area contributed by atoms with E-state index in [4.69, 9.17) is 10.3 Å². The molecule has 0 unspecified atom stereocenters.